The maximum Gasteiger partial charge on any atom is 0.338 e. The number of carbonyl (C=O) groups excluding carboxylic acids is 1. The van der Waals surface area contributed by atoms with Crippen LogP contribution in [0.25, 0.3) is 0 Å². The fraction of sp³-hybridized carbons (Fsp3) is 0.300. The second kappa shape index (κ2) is 4.94. The van der Waals surface area contributed by atoms with Crippen molar-refractivity contribution in [2.24, 2.45) is 0 Å². The van der Waals surface area contributed by atoms with E-state index in [4.69, 9.17) is 11.6 Å². The predicted molar refractivity (Wildman–Crippen MR) is 58.7 cm³/mol. The summed E-state index contributed by atoms with van der Waals surface area (Å²) in [6.45, 7) is 1.59. The SMILES string of the molecule is COC(=O)c1cc([N+](=O)[O-])c(C)cc1CCl. The van der Waals surface area contributed by atoms with Gasteiger partial charge in [-0.1, -0.05) is 0 Å². The number of ether oxygens (including phenoxy) is 1. The van der Waals surface area contributed by atoms with Gasteiger partial charge < -0.3 is 4.74 Å². The van der Waals surface area contributed by atoms with Gasteiger partial charge in [0.1, 0.15) is 0 Å². The van der Waals surface area contributed by atoms with Crippen LogP contribution in [0, 0.1) is 17.0 Å². The Morgan fingerprint density at radius 1 is 1.56 bits per heavy atom. The number of esters is 1. The molecule has 0 bridgehead atoms. The van der Waals surface area contributed by atoms with Crippen LogP contribution in [0.4, 0.5) is 5.69 Å². The number of hydrogen-bond acceptors (Lipinski definition) is 4. The van der Waals surface area contributed by atoms with Gasteiger partial charge in [-0.2, -0.15) is 0 Å². The molecular weight excluding hydrogens is 234 g/mol. The third-order valence-corrected chi connectivity index (χ3v) is 2.46. The average molecular weight is 244 g/mol. The molecule has 0 fully saturated rings. The van der Waals surface area contributed by atoms with Gasteiger partial charge in [-0.05, 0) is 18.6 Å². The zero-order valence-corrected chi connectivity index (χ0v) is 9.58. The number of alkyl halides is 1. The van der Waals surface area contributed by atoms with E-state index in [-0.39, 0.29) is 17.1 Å². The fourth-order valence-corrected chi connectivity index (χ4v) is 1.58. The van der Waals surface area contributed by atoms with Crippen LogP contribution < -0.4 is 0 Å². The second-order valence-electron chi connectivity index (χ2n) is 3.18. The summed E-state index contributed by atoms with van der Waals surface area (Å²) in [7, 11) is 1.21. The van der Waals surface area contributed by atoms with Gasteiger partial charge in [-0.3, -0.25) is 10.1 Å². The van der Waals surface area contributed by atoms with Crippen molar-refractivity contribution in [3.8, 4) is 0 Å². The molecule has 0 aliphatic carbocycles. The van der Waals surface area contributed by atoms with Gasteiger partial charge in [0.05, 0.1) is 17.6 Å². The summed E-state index contributed by atoms with van der Waals surface area (Å²) in [6.07, 6.45) is 0. The van der Waals surface area contributed by atoms with Crippen molar-refractivity contribution >= 4 is 23.3 Å². The van der Waals surface area contributed by atoms with Gasteiger partial charge in [-0.15, -0.1) is 11.6 Å². The molecular formula is C10H10ClNO4. The largest absolute Gasteiger partial charge is 0.465 e. The van der Waals surface area contributed by atoms with Crippen LogP contribution in [0.3, 0.4) is 0 Å². The number of aryl methyl sites for hydroxylation is 1. The summed E-state index contributed by atoms with van der Waals surface area (Å²) in [5, 5.41) is 10.7. The Morgan fingerprint density at radius 3 is 2.62 bits per heavy atom. The number of nitrogens with zero attached hydrogens (tertiary/aromatic N) is 1. The molecule has 0 heterocycles. The summed E-state index contributed by atoms with van der Waals surface area (Å²) >= 11 is 5.66. The molecule has 0 saturated heterocycles. The second-order valence-corrected chi connectivity index (χ2v) is 3.45. The van der Waals surface area contributed by atoms with E-state index in [1.165, 1.54) is 19.2 Å². The molecule has 0 saturated carbocycles. The number of methoxy groups -OCH3 is 1. The zero-order valence-electron chi connectivity index (χ0n) is 8.82. The quantitative estimate of drug-likeness (QED) is 0.354. The minimum Gasteiger partial charge on any atom is -0.465 e. The van der Waals surface area contributed by atoms with Crippen molar-refractivity contribution in [3.05, 3.63) is 38.9 Å². The summed E-state index contributed by atoms with van der Waals surface area (Å²) in [6, 6.07) is 2.72. The Labute approximate surface area is 97.1 Å². The zero-order chi connectivity index (χ0) is 12.3. The van der Waals surface area contributed by atoms with Crippen molar-refractivity contribution in [1.82, 2.24) is 0 Å². The standard InChI is InChI=1S/C10H10ClNO4/c1-6-3-7(5-11)8(10(13)16-2)4-9(6)12(14)15/h3-4H,5H2,1-2H3. The molecule has 0 spiro atoms. The highest BCUT2D eigenvalue weighted by Gasteiger charge is 2.19. The fourth-order valence-electron chi connectivity index (χ4n) is 1.36. The van der Waals surface area contributed by atoms with E-state index in [9.17, 15) is 14.9 Å². The van der Waals surface area contributed by atoms with Gasteiger partial charge in [0.25, 0.3) is 5.69 Å². The molecule has 0 aliphatic heterocycles. The Kier molecular flexibility index (Phi) is 3.84. The van der Waals surface area contributed by atoms with Gasteiger partial charge >= 0.3 is 5.97 Å². The van der Waals surface area contributed by atoms with Gasteiger partial charge in [0.15, 0.2) is 0 Å². The lowest BCUT2D eigenvalue weighted by Gasteiger charge is -2.06. The van der Waals surface area contributed by atoms with Crippen LogP contribution in [-0.4, -0.2) is 18.0 Å². The molecule has 5 nitrogen and oxygen atoms in total. The molecule has 0 atom stereocenters. The molecule has 86 valence electrons. The van der Waals surface area contributed by atoms with Gasteiger partial charge in [0.2, 0.25) is 0 Å². The number of nitro groups is 1. The van der Waals surface area contributed by atoms with Crippen LogP contribution in [0.1, 0.15) is 21.5 Å². The molecule has 1 aromatic rings. The first-order valence-electron chi connectivity index (χ1n) is 4.43. The summed E-state index contributed by atoms with van der Waals surface area (Å²) in [5.74, 6) is -0.526. The van der Waals surface area contributed by atoms with E-state index >= 15 is 0 Å². The molecule has 0 aliphatic rings. The molecule has 1 aromatic carbocycles. The molecule has 16 heavy (non-hydrogen) atoms. The highest BCUT2D eigenvalue weighted by Crippen LogP contribution is 2.24. The summed E-state index contributed by atoms with van der Waals surface area (Å²) < 4.78 is 4.53. The van der Waals surface area contributed by atoms with Crippen molar-refractivity contribution in [2.45, 2.75) is 12.8 Å². The smallest absolute Gasteiger partial charge is 0.338 e. The average Bonchev–Trinajstić information content (AvgIpc) is 2.27. The number of nitro benzene ring substituents is 1. The van der Waals surface area contributed by atoms with E-state index in [1.807, 2.05) is 0 Å². The minimum absolute atomic E-state index is 0.100. The first-order valence-corrected chi connectivity index (χ1v) is 4.97. The van der Waals surface area contributed by atoms with Crippen LogP contribution >= 0.6 is 11.6 Å². The summed E-state index contributed by atoms with van der Waals surface area (Å²) in [4.78, 5) is 21.5. The molecule has 0 amide bonds. The minimum atomic E-state index is -0.626. The van der Waals surface area contributed by atoms with Crippen LogP contribution in [0.15, 0.2) is 12.1 Å². The topological polar surface area (TPSA) is 69.4 Å². The number of hydrogen-bond donors (Lipinski definition) is 0. The maximum atomic E-state index is 11.4. The highest BCUT2D eigenvalue weighted by molar-refractivity contribution is 6.17. The Hall–Kier alpha value is -1.62. The van der Waals surface area contributed by atoms with Crippen molar-refractivity contribution in [3.63, 3.8) is 0 Å². The monoisotopic (exact) mass is 243 g/mol. The summed E-state index contributed by atoms with van der Waals surface area (Å²) in [5.41, 5.74) is 1.01. The molecule has 0 aromatic heterocycles. The van der Waals surface area contributed by atoms with E-state index in [2.05, 4.69) is 4.74 Å². The number of carbonyl (C=O) groups is 1. The number of halogens is 1. The normalized spacial score (nSPS) is 9.94. The van der Waals surface area contributed by atoms with Crippen LogP contribution in [0.2, 0.25) is 0 Å². The van der Waals surface area contributed by atoms with Crippen LogP contribution in [-0.2, 0) is 10.6 Å². The lowest BCUT2D eigenvalue weighted by atomic mass is 10.0. The lowest BCUT2D eigenvalue weighted by Crippen LogP contribution is -2.07. The molecule has 0 N–H and O–H groups in total. The Morgan fingerprint density at radius 2 is 2.19 bits per heavy atom. The third kappa shape index (κ3) is 2.30. The number of rotatable bonds is 3. The van der Waals surface area contributed by atoms with E-state index in [0.717, 1.165) is 0 Å². The predicted octanol–water partition coefficient (Wildman–Crippen LogP) is 2.43. The van der Waals surface area contributed by atoms with Gasteiger partial charge in [0, 0.05) is 17.5 Å². The Bertz CT molecular complexity index is 445. The van der Waals surface area contributed by atoms with E-state index in [0.29, 0.717) is 11.1 Å². The molecule has 6 heteroatoms. The van der Waals surface area contributed by atoms with Crippen molar-refractivity contribution in [1.29, 1.82) is 0 Å². The van der Waals surface area contributed by atoms with Gasteiger partial charge in [-0.25, -0.2) is 4.79 Å². The first kappa shape index (κ1) is 12.4. The highest BCUT2D eigenvalue weighted by atomic mass is 35.5. The Balaban J connectivity index is 3.40. The third-order valence-electron chi connectivity index (χ3n) is 2.17. The maximum absolute atomic E-state index is 11.4. The first-order chi connectivity index (χ1) is 7.51. The molecule has 0 unspecified atom stereocenters. The van der Waals surface area contributed by atoms with E-state index in [1.54, 1.807) is 6.92 Å². The van der Waals surface area contributed by atoms with Crippen molar-refractivity contribution in [2.75, 3.05) is 7.11 Å². The van der Waals surface area contributed by atoms with Crippen molar-refractivity contribution < 1.29 is 14.5 Å². The van der Waals surface area contributed by atoms with E-state index < -0.39 is 10.9 Å². The van der Waals surface area contributed by atoms with Crippen LogP contribution in [0.5, 0.6) is 0 Å². The number of benzene rings is 1. The molecule has 1 rings (SSSR count). The molecule has 0 radical (unpaired) electrons. The lowest BCUT2D eigenvalue weighted by molar-refractivity contribution is -0.385.